The second-order valence-electron chi connectivity index (χ2n) is 6.24. The van der Waals surface area contributed by atoms with Crippen LogP contribution >= 0.6 is 12.4 Å². The number of aromatic amines is 1. The Kier molecular flexibility index (Phi) is 4.84. The molecule has 2 heterocycles. The highest BCUT2D eigenvalue weighted by atomic mass is 35.5. The number of aliphatic hydroxyl groups is 1. The van der Waals surface area contributed by atoms with Gasteiger partial charge >= 0.3 is 0 Å². The van der Waals surface area contributed by atoms with Gasteiger partial charge in [-0.1, -0.05) is 12.1 Å². The smallest absolute Gasteiger partial charge is 0.241 e. The molecule has 0 bridgehead atoms. The number of carbonyl (C=O) groups is 1. The third-order valence-corrected chi connectivity index (χ3v) is 4.28. The van der Waals surface area contributed by atoms with Gasteiger partial charge in [0.05, 0.1) is 12.1 Å². The van der Waals surface area contributed by atoms with Crippen molar-refractivity contribution >= 4 is 24.0 Å². The van der Waals surface area contributed by atoms with E-state index in [1.54, 1.807) is 0 Å². The highest BCUT2D eigenvalue weighted by Gasteiger charge is 2.28. The van der Waals surface area contributed by atoms with Crippen molar-refractivity contribution in [2.45, 2.75) is 37.3 Å². The van der Waals surface area contributed by atoms with Crippen LogP contribution in [0.5, 0.6) is 0 Å². The van der Waals surface area contributed by atoms with Gasteiger partial charge in [-0.3, -0.25) is 9.89 Å². The molecule has 0 spiro atoms. The van der Waals surface area contributed by atoms with Crippen LogP contribution in [0.1, 0.15) is 31.0 Å². The van der Waals surface area contributed by atoms with Gasteiger partial charge in [0.1, 0.15) is 5.82 Å². The van der Waals surface area contributed by atoms with E-state index >= 15 is 0 Å². The van der Waals surface area contributed by atoms with Crippen LogP contribution in [0.3, 0.4) is 0 Å². The van der Waals surface area contributed by atoms with Crippen LogP contribution in [0, 0.1) is 0 Å². The van der Waals surface area contributed by atoms with Gasteiger partial charge in [-0.25, -0.2) is 4.98 Å². The lowest BCUT2D eigenvalue weighted by molar-refractivity contribution is -0.117. The number of carbonyl (C=O) groups excluding carboxylic acids is 1. The minimum absolute atomic E-state index is 0. The Hall–Kier alpha value is -1.96. The number of aliphatic hydroxyl groups excluding tert-OH is 1. The molecule has 2 atom stereocenters. The summed E-state index contributed by atoms with van der Waals surface area (Å²) in [6.45, 7) is 0.458. The van der Waals surface area contributed by atoms with E-state index in [4.69, 9.17) is 0 Å². The first-order chi connectivity index (χ1) is 11.2. The maximum absolute atomic E-state index is 12.2. The quantitative estimate of drug-likeness (QED) is 0.668. The van der Waals surface area contributed by atoms with Crippen LogP contribution in [0.15, 0.2) is 24.3 Å². The predicted molar refractivity (Wildman–Crippen MR) is 92.1 cm³/mol. The molecular weight excluding hydrogens is 330 g/mol. The minimum Gasteiger partial charge on any atom is -0.392 e. The Morgan fingerprint density at radius 1 is 1.33 bits per heavy atom. The molecule has 4 rings (SSSR count). The third kappa shape index (κ3) is 3.58. The number of benzene rings is 1. The van der Waals surface area contributed by atoms with E-state index in [1.165, 1.54) is 12.8 Å². The molecule has 1 amide bonds. The van der Waals surface area contributed by atoms with Crippen molar-refractivity contribution in [3.05, 3.63) is 30.1 Å². The Balaban J connectivity index is 0.00000169. The Bertz CT molecular complexity index is 731. The summed E-state index contributed by atoms with van der Waals surface area (Å²) in [5, 5.41) is 22.6. The van der Waals surface area contributed by atoms with Crippen molar-refractivity contribution in [2.75, 3.05) is 11.9 Å². The van der Waals surface area contributed by atoms with Crippen LogP contribution in [-0.4, -0.2) is 44.9 Å². The van der Waals surface area contributed by atoms with E-state index in [-0.39, 0.29) is 24.4 Å². The number of hydrogen-bond donors (Lipinski definition) is 4. The summed E-state index contributed by atoms with van der Waals surface area (Å²) >= 11 is 0. The summed E-state index contributed by atoms with van der Waals surface area (Å²) in [7, 11) is 0. The molecule has 1 saturated carbocycles. The summed E-state index contributed by atoms with van der Waals surface area (Å²) < 4.78 is 0. The number of rotatable bonds is 4. The Labute approximate surface area is 145 Å². The van der Waals surface area contributed by atoms with Crippen molar-refractivity contribution in [1.82, 2.24) is 20.5 Å². The molecule has 1 saturated heterocycles. The molecule has 128 valence electrons. The number of hydrogen-bond acceptors (Lipinski definition) is 5. The maximum Gasteiger partial charge on any atom is 0.241 e. The molecule has 8 heteroatoms. The Morgan fingerprint density at radius 2 is 2.17 bits per heavy atom. The van der Waals surface area contributed by atoms with Gasteiger partial charge < -0.3 is 15.7 Å². The number of β-amino-alcohol motifs (C(OH)–C–C–N with tert-alkyl or cyclic N) is 1. The van der Waals surface area contributed by atoms with Crippen LogP contribution < -0.4 is 10.6 Å². The van der Waals surface area contributed by atoms with E-state index in [0.717, 1.165) is 11.4 Å². The second-order valence-corrected chi connectivity index (χ2v) is 6.24. The zero-order valence-corrected chi connectivity index (χ0v) is 13.8. The first-order valence-electron chi connectivity index (χ1n) is 7.94. The molecule has 1 aromatic heterocycles. The SMILES string of the molecule is Cl.O=C(Nc1cccc(-c2n[nH]c(C3CC3)n2)c1)C1CC(O)CN1. The van der Waals surface area contributed by atoms with E-state index in [0.29, 0.717) is 30.4 Å². The van der Waals surface area contributed by atoms with Gasteiger partial charge in [-0.15, -0.1) is 12.4 Å². The van der Waals surface area contributed by atoms with Crippen molar-refractivity contribution in [1.29, 1.82) is 0 Å². The number of anilines is 1. The highest BCUT2D eigenvalue weighted by molar-refractivity contribution is 5.95. The van der Waals surface area contributed by atoms with Gasteiger partial charge in [-0.2, -0.15) is 5.10 Å². The van der Waals surface area contributed by atoms with Gasteiger partial charge in [0.2, 0.25) is 5.91 Å². The third-order valence-electron chi connectivity index (χ3n) is 4.28. The summed E-state index contributed by atoms with van der Waals surface area (Å²) in [5.41, 5.74) is 1.57. The fourth-order valence-corrected chi connectivity index (χ4v) is 2.82. The molecule has 2 aromatic rings. The van der Waals surface area contributed by atoms with E-state index in [9.17, 15) is 9.90 Å². The molecule has 1 aliphatic heterocycles. The Morgan fingerprint density at radius 3 is 2.88 bits per heavy atom. The molecule has 2 unspecified atom stereocenters. The first-order valence-corrected chi connectivity index (χ1v) is 7.94. The van der Waals surface area contributed by atoms with Crippen molar-refractivity contribution in [3.8, 4) is 11.4 Å². The number of amides is 1. The lowest BCUT2D eigenvalue weighted by Gasteiger charge is -2.11. The lowest BCUT2D eigenvalue weighted by Crippen LogP contribution is -2.35. The molecule has 1 aliphatic carbocycles. The second kappa shape index (κ2) is 6.88. The summed E-state index contributed by atoms with van der Waals surface area (Å²) in [6.07, 6.45) is 2.33. The number of halogens is 1. The molecule has 0 radical (unpaired) electrons. The molecule has 24 heavy (non-hydrogen) atoms. The summed E-state index contributed by atoms with van der Waals surface area (Å²) in [5.74, 6) is 1.99. The van der Waals surface area contributed by atoms with Crippen molar-refractivity contribution in [3.63, 3.8) is 0 Å². The van der Waals surface area contributed by atoms with Gasteiger partial charge in [0.25, 0.3) is 0 Å². The fraction of sp³-hybridized carbons (Fsp3) is 0.438. The first kappa shape index (κ1) is 16.9. The van der Waals surface area contributed by atoms with Crippen molar-refractivity contribution in [2.24, 2.45) is 0 Å². The topological polar surface area (TPSA) is 103 Å². The van der Waals surface area contributed by atoms with E-state index in [2.05, 4.69) is 25.8 Å². The van der Waals surface area contributed by atoms with Crippen molar-refractivity contribution < 1.29 is 9.90 Å². The number of H-pyrrole nitrogens is 1. The maximum atomic E-state index is 12.2. The van der Waals surface area contributed by atoms with Crippen LogP contribution in [0.4, 0.5) is 5.69 Å². The lowest BCUT2D eigenvalue weighted by atomic mass is 10.1. The number of nitrogens with zero attached hydrogens (tertiary/aromatic N) is 2. The molecule has 7 nitrogen and oxygen atoms in total. The van der Waals surface area contributed by atoms with Gasteiger partial charge in [-0.05, 0) is 31.4 Å². The van der Waals surface area contributed by atoms with Crippen LogP contribution in [-0.2, 0) is 4.79 Å². The zero-order chi connectivity index (χ0) is 15.8. The molecular formula is C16H20ClN5O2. The number of aromatic nitrogens is 3. The standard InChI is InChI=1S/C16H19N5O2.ClH/c22-12-7-13(17-8-12)16(23)18-11-3-1-2-10(6-11)15-19-14(20-21-15)9-4-5-9;/h1-3,6,9,12-13,17,22H,4-5,7-8H2,(H,18,23)(H,19,20,21);1H. The molecule has 4 N–H and O–H groups in total. The summed E-state index contributed by atoms with van der Waals surface area (Å²) in [6, 6.07) is 7.14. The average Bonchev–Trinajstić information content (AvgIpc) is 3.11. The van der Waals surface area contributed by atoms with E-state index < -0.39 is 6.10 Å². The predicted octanol–water partition coefficient (Wildman–Crippen LogP) is 1.43. The molecule has 2 aliphatic rings. The van der Waals surface area contributed by atoms with Crippen LogP contribution in [0.2, 0.25) is 0 Å². The minimum atomic E-state index is -0.453. The van der Waals surface area contributed by atoms with Gasteiger partial charge in [0, 0.05) is 23.7 Å². The fourth-order valence-electron chi connectivity index (χ4n) is 2.82. The largest absolute Gasteiger partial charge is 0.392 e. The number of nitrogens with one attached hydrogen (secondary N) is 3. The summed E-state index contributed by atoms with van der Waals surface area (Å²) in [4.78, 5) is 16.7. The zero-order valence-electron chi connectivity index (χ0n) is 13.0. The monoisotopic (exact) mass is 349 g/mol. The molecule has 1 aromatic carbocycles. The van der Waals surface area contributed by atoms with E-state index in [1.807, 2.05) is 24.3 Å². The average molecular weight is 350 g/mol. The van der Waals surface area contributed by atoms with Crippen LogP contribution in [0.25, 0.3) is 11.4 Å². The highest BCUT2D eigenvalue weighted by Crippen LogP contribution is 2.38. The molecule has 2 fully saturated rings. The van der Waals surface area contributed by atoms with Gasteiger partial charge in [0.15, 0.2) is 5.82 Å². The normalized spacial score (nSPS) is 22.9.